The fourth-order valence-corrected chi connectivity index (χ4v) is 4.48. The quantitative estimate of drug-likeness (QED) is 0.0760. The molecule has 1 N–H and O–H groups in total. The van der Waals surface area contributed by atoms with Gasteiger partial charge in [-0.3, -0.25) is 9.59 Å². The first-order valence-corrected chi connectivity index (χ1v) is 14.6. The van der Waals surface area contributed by atoms with Gasteiger partial charge in [0.15, 0.2) is 0 Å². The Bertz CT molecular complexity index is 486. The van der Waals surface area contributed by atoms with Gasteiger partial charge in [0, 0.05) is 0 Å². The Morgan fingerprint density at radius 2 is 1.12 bits per heavy atom. The number of carbonyl (C=O) groups excluding carboxylic acids is 1. The molecule has 0 saturated carbocycles. The van der Waals surface area contributed by atoms with Gasteiger partial charge in [0.05, 0.1) is 18.9 Å². The number of aliphatic carboxylic acids is 1. The van der Waals surface area contributed by atoms with Crippen LogP contribution >= 0.6 is 0 Å². The number of unbranched alkanes of at least 4 members (excludes halogenated alkanes) is 18. The van der Waals surface area contributed by atoms with Gasteiger partial charge in [0.25, 0.3) is 0 Å². The maximum absolute atomic E-state index is 12.0. The molecule has 0 aliphatic carbocycles. The highest BCUT2D eigenvalue weighted by molar-refractivity contribution is 5.79. The summed E-state index contributed by atoms with van der Waals surface area (Å²) >= 11 is 0. The summed E-state index contributed by atoms with van der Waals surface area (Å²) in [5.74, 6) is -1.74. The molecule has 0 aliphatic heterocycles. The van der Waals surface area contributed by atoms with Crippen molar-refractivity contribution in [3.8, 4) is 0 Å². The Morgan fingerprint density at radius 1 is 0.706 bits per heavy atom. The van der Waals surface area contributed by atoms with Crippen LogP contribution in [-0.2, 0) is 14.3 Å². The van der Waals surface area contributed by atoms with E-state index in [0.717, 1.165) is 19.3 Å². The lowest BCUT2D eigenvalue weighted by Crippen LogP contribution is -2.21. The maximum Gasteiger partial charge on any atom is 0.309 e. The van der Waals surface area contributed by atoms with Crippen LogP contribution in [-0.4, -0.2) is 23.7 Å². The van der Waals surface area contributed by atoms with E-state index in [1.807, 2.05) is 6.92 Å². The van der Waals surface area contributed by atoms with E-state index < -0.39 is 11.9 Å². The van der Waals surface area contributed by atoms with Crippen LogP contribution in [0.4, 0.5) is 0 Å². The van der Waals surface area contributed by atoms with E-state index in [1.165, 1.54) is 109 Å². The number of ether oxygens (including phenoxy) is 1. The summed E-state index contributed by atoms with van der Waals surface area (Å²) in [6.07, 6.45) is 30.8. The predicted octanol–water partition coefficient (Wildman–Crippen LogP) is 9.41. The smallest absolute Gasteiger partial charge is 0.309 e. The molecule has 0 aromatic heterocycles. The molecular formula is C30H56O4. The first-order chi connectivity index (χ1) is 16.6. The summed E-state index contributed by atoms with van der Waals surface area (Å²) in [6.45, 7) is 4.43. The number of rotatable bonds is 26. The number of carboxylic acid groups (broad SMARTS) is 1. The minimum atomic E-state index is -0.917. The predicted molar refractivity (Wildman–Crippen MR) is 144 cm³/mol. The van der Waals surface area contributed by atoms with Crippen molar-refractivity contribution in [2.75, 3.05) is 6.61 Å². The van der Waals surface area contributed by atoms with Crippen molar-refractivity contribution >= 4 is 11.9 Å². The zero-order valence-electron chi connectivity index (χ0n) is 22.7. The molecule has 0 fully saturated rings. The van der Waals surface area contributed by atoms with Crippen LogP contribution in [0, 0.1) is 5.92 Å². The first kappa shape index (κ1) is 32.7. The molecule has 0 radical (unpaired) electrons. The van der Waals surface area contributed by atoms with Crippen molar-refractivity contribution < 1.29 is 19.4 Å². The van der Waals surface area contributed by atoms with E-state index >= 15 is 0 Å². The number of allylic oxidation sites excluding steroid dienone is 2. The summed E-state index contributed by atoms with van der Waals surface area (Å²) in [6, 6.07) is 0. The molecule has 0 amide bonds. The highest BCUT2D eigenvalue weighted by Crippen LogP contribution is 2.18. The lowest BCUT2D eigenvalue weighted by molar-refractivity contribution is -0.153. The minimum absolute atomic E-state index is 0.111. The first-order valence-electron chi connectivity index (χ1n) is 14.6. The Morgan fingerprint density at radius 3 is 1.50 bits per heavy atom. The third-order valence-electron chi connectivity index (χ3n) is 6.61. The fraction of sp³-hybridized carbons (Fsp3) is 0.867. The van der Waals surface area contributed by atoms with Gasteiger partial charge in [-0.25, -0.2) is 0 Å². The van der Waals surface area contributed by atoms with Crippen LogP contribution in [0.3, 0.4) is 0 Å². The zero-order chi connectivity index (χ0) is 25.1. The lowest BCUT2D eigenvalue weighted by atomic mass is 9.97. The van der Waals surface area contributed by atoms with Gasteiger partial charge in [-0.05, 0) is 32.6 Å². The van der Waals surface area contributed by atoms with Crippen LogP contribution in [0.5, 0.6) is 0 Å². The normalized spacial score (nSPS) is 12.3. The third-order valence-corrected chi connectivity index (χ3v) is 6.61. The molecule has 0 rings (SSSR count). The van der Waals surface area contributed by atoms with E-state index in [0.29, 0.717) is 13.0 Å². The zero-order valence-corrected chi connectivity index (χ0v) is 22.7. The standard InChI is InChI=1S/C30H56O4/c1-3-5-6-7-8-9-10-11-12-13-14-15-16-17-18-19-20-21-22-23-24-25-28(27-29(31)32)30(33)34-26-4-2/h3,5,28H,4,6-27H2,1-2H3,(H,31,32)/b5-3+. The van der Waals surface area contributed by atoms with Crippen LogP contribution in [0.2, 0.25) is 0 Å². The van der Waals surface area contributed by atoms with Gasteiger partial charge in [0.1, 0.15) is 0 Å². The number of hydrogen-bond donors (Lipinski definition) is 1. The van der Waals surface area contributed by atoms with Gasteiger partial charge in [-0.15, -0.1) is 0 Å². The van der Waals surface area contributed by atoms with Crippen molar-refractivity contribution in [3.63, 3.8) is 0 Å². The van der Waals surface area contributed by atoms with Crippen LogP contribution in [0.15, 0.2) is 12.2 Å². The van der Waals surface area contributed by atoms with Gasteiger partial charge >= 0.3 is 11.9 Å². The summed E-state index contributed by atoms with van der Waals surface area (Å²) in [7, 11) is 0. The molecule has 0 aromatic rings. The molecule has 4 nitrogen and oxygen atoms in total. The van der Waals surface area contributed by atoms with Gasteiger partial charge in [-0.2, -0.15) is 0 Å². The van der Waals surface area contributed by atoms with E-state index in [9.17, 15) is 9.59 Å². The third kappa shape index (κ3) is 23.8. The molecule has 0 saturated heterocycles. The molecule has 1 unspecified atom stereocenters. The minimum Gasteiger partial charge on any atom is -0.481 e. The second kappa shape index (κ2) is 26.3. The van der Waals surface area contributed by atoms with Crippen molar-refractivity contribution in [1.29, 1.82) is 0 Å². The number of carboxylic acids is 1. The molecule has 0 aromatic carbocycles. The summed E-state index contributed by atoms with van der Waals surface area (Å²) < 4.78 is 5.15. The second-order valence-corrected chi connectivity index (χ2v) is 9.97. The van der Waals surface area contributed by atoms with Gasteiger partial charge in [0.2, 0.25) is 0 Å². The summed E-state index contributed by atoms with van der Waals surface area (Å²) in [5.41, 5.74) is 0. The molecule has 0 aliphatic rings. The van der Waals surface area contributed by atoms with Crippen molar-refractivity contribution in [2.24, 2.45) is 5.92 Å². The number of esters is 1. The SMILES string of the molecule is C/C=C/CCCCCCCCCCCCCCCCCCCCC(CC(=O)O)C(=O)OCCC. The van der Waals surface area contributed by atoms with Crippen LogP contribution < -0.4 is 0 Å². The van der Waals surface area contributed by atoms with Crippen molar-refractivity contribution in [2.45, 2.75) is 155 Å². The molecule has 1 atom stereocenters. The van der Waals surface area contributed by atoms with Crippen molar-refractivity contribution in [3.05, 3.63) is 12.2 Å². The van der Waals surface area contributed by atoms with Crippen LogP contribution in [0.1, 0.15) is 155 Å². The number of carbonyl (C=O) groups is 2. The molecule has 4 heteroatoms. The highest BCUT2D eigenvalue weighted by atomic mass is 16.5. The van der Waals surface area contributed by atoms with E-state index in [4.69, 9.17) is 9.84 Å². The maximum atomic E-state index is 12.0. The largest absolute Gasteiger partial charge is 0.481 e. The topological polar surface area (TPSA) is 63.6 Å². The van der Waals surface area contributed by atoms with Gasteiger partial charge in [-0.1, -0.05) is 128 Å². The van der Waals surface area contributed by atoms with E-state index in [-0.39, 0.29) is 12.4 Å². The fourth-order valence-electron chi connectivity index (χ4n) is 4.48. The average molecular weight is 481 g/mol. The molecule has 0 bridgehead atoms. The Balaban J connectivity index is 3.38. The summed E-state index contributed by atoms with van der Waals surface area (Å²) in [5, 5.41) is 9.02. The lowest BCUT2D eigenvalue weighted by Gasteiger charge is -2.13. The molecule has 0 heterocycles. The molecule has 34 heavy (non-hydrogen) atoms. The Hall–Kier alpha value is -1.32. The summed E-state index contributed by atoms with van der Waals surface area (Å²) in [4.78, 5) is 23.0. The Labute approximate surface area is 211 Å². The average Bonchev–Trinajstić information content (AvgIpc) is 2.82. The van der Waals surface area contributed by atoms with E-state index in [2.05, 4.69) is 19.1 Å². The molecule has 0 spiro atoms. The van der Waals surface area contributed by atoms with Crippen LogP contribution in [0.25, 0.3) is 0 Å². The van der Waals surface area contributed by atoms with E-state index in [1.54, 1.807) is 0 Å². The molecular weight excluding hydrogens is 424 g/mol. The monoisotopic (exact) mass is 480 g/mol. The number of hydrogen-bond acceptors (Lipinski definition) is 3. The molecule has 200 valence electrons. The van der Waals surface area contributed by atoms with Crippen molar-refractivity contribution in [1.82, 2.24) is 0 Å². The second-order valence-electron chi connectivity index (χ2n) is 9.97. The van der Waals surface area contributed by atoms with Gasteiger partial charge < -0.3 is 9.84 Å². The highest BCUT2D eigenvalue weighted by Gasteiger charge is 2.22. The Kier molecular flexibility index (Phi) is 25.3.